The van der Waals surface area contributed by atoms with Crippen LogP contribution < -0.4 is 5.32 Å². The van der Waals surface area contributed by atoms with Gasteiger partial charge in [-0.25, -0.2) is 0 Å². The summed E-state index contributed by atoms with van der Waals surface area (Å²) in [6.45, 7) is 4.71. The molecule has 2 nitrogen and oxygen atoms in total. The Bertz CT molecular complexity index is 141. The van der Waals surface area contributed by atoms with Gasteiger partial charge in [0.05, 0.1) is 0 Å². The van der Waals surface area contributed by atoms with Gasteiger partial charge in [0.15, 0.2) is 0 Å². The molecule has 13 heavy (non-hydrogen) atoms. The second-order valence-electron chi connectivity index (χ2n) is 3.97. The van der Waals surface area contributed by atoms with Crippen molar-refractivity contribution in [1.29, 1.82) is 0 Å². The molecule has 0 aliphatic carbocycles. The summed E-state index contributed by atoms with van der Waals surface area (Å²) in [5.74, 6) is 1.33. The highest BCUT2D eigenvalue weighted by Crippen LogP contribution is 2.28. The van der Waals surface area contributed by atoms with E-state index in [1.807, 2.05) is 7.05 Å². The largest absolute Gasteiger partial charge is 0.320 e. The van der Waals surface area contributed by atoms with Crippen molar-refractivity contribution in [3.8, 4) is 0 Å². The Labute approximate surface area is 86.5 Å². The van der Waals surface area contributed by atoms with E-state index in [4.69, 9.17) is 0 Å². The Morgan fingerprint density at radius 2 is 2.31 bits per heavy atom. The van der Waals surface area contributed by atoms with Crippen LogP contribution in [0, 0.1) is 0 Å². The first-order chi connectivity index (χ1) is 6.24. The van der Waals surface area contributed by atoms with E-state index in [-0.39, 0.29) is 0 Å². The number of rotatable bonds is 5. The van der Waals surface area contributed by atoms with Gasteiger partial charge in [0, 0.05) is 17.0 Å². The van der Waals surface area contributed by atoms with Crippen LogP contribution in [-0.4, -0.2) is 49.1 Å². The van der Waals surface area contributed by atoms with Crippen molar-refractivity contribution in [3.63, 3.8) is 0 Å². The predicted octanol–water partition coefficient (Wildman–Crippen LogP) is 1.42. The third kappa shape index (κ3) is 3.88. The Hall–Kier alpha value is 0.270. The third-order valence-corrected chi connectivity index (χ3v) is 4.08. The lowest BCUT2D eigenvalue weighted by atomic mass is 10.1. The van der Waals surface area contributed by atoms with Crippen LogP contribution >= 0.6 is 11.8 Å². The molecule has 2 unspecified atom stereocenters. The smallest absolute Gasteiger partial charge is 0.0193 e. The first-order valence-electron chi connectivity index (χ1n) is 5.20. The zero-order valence-corrected chi connectivity index (χ0v) is 9.86. The molecule has 0 amide bonds. The van der Waals surface area contributed by atoms with Gasteiger partial charge in [0.2, 0.25) is 0 Å². The van der Waals surface area contributed by atoms with Crippen molar-refractivity contribution in [1.82, 2.24) is 10.2 Å². The fraction of sp³-hybridized carbons (Fsp3) is 1.00. The minimum absolute atomic E-state index is 0.830. The summed E-state index contributed by atoms with van der Waals surface area (Å²) in [5.41, 5.74) is 0. The lowest BCUT2D eigenvalue weighted by Crippen LogP contribution is -2.33. The van der Waals surface area contributed by atoms with Gasteiger partial charge in [0.25, 0.3) is 0 Å². The molecule has 1 fully saturated rings. The van der Waals surface area contributed by atoms with Crippen LogP contribution in [0.3, 0.4) is 0 Å². The van der Waals surface area contributed by atoms with Crippen LogP contribution in [0.15, 0.2) is 0 Å². The molecule has 0 bridgehead atoms. The maximum absolute atomic E-state index is 3.19. The Balaban J connectivity index is 2.12. The summed E-state index contributed by atoms with van der Waals surface area (Å²) in [4.78, 5) is 2.52. The Morgan fingerprint density at radius 1 is 1.54 bits per heavy atom. The molecule has 1 rings (SSSR count). The molecule has 0 aromatic carbocycles. The first kappa shape index (κ1) is 11.3. The molecule has 2 atom stereocenters. The van der Waals surface area contributed by atoms with E-state index in [1.54, 1.807) is 0 Å². The van der Waals surface area contributed by atoms with Crippen LogP contribution in [0.2, 0.25) is 0 Å². The molecule has 78 valence electrons. The number of hydrogen-bond donors (Lipinski definition) is 1. The van der Waals surface area contributed by atoms with Crippen LogP contribution in [-0.2, 0) is 0 Å². The maximum atomic E-state index is 3.19. The zero-order chi connectivity index (χ0) is 9.68. The highest BCUT2D eigenvalue weighted by atomic mass is 32.2. The molecule has 1 saturated heterocycles. The van der Waals surface area contributed by atoms with E-state index in [1.165, 1.54) is 25.1 Å². The summed E-state index contributed by atoms with van der Waals surface area (Å²) < 4.78 is 0. The normalized spacial score (nSPS) is 28.6. The van der Waals surface area contributed by atoms with Gasteiger partial charge in [-0.2, -0.15) is 11.8 Å². The van der Waals surface area contributed by atoms with Crippen molar-refractivity contribution >= 4 is 11.8 Å². The molecule has 1 N–H and O–H groups in total. The van der Waals surface area contributed by atoms with Gasteiger partial charge in [0.1, 0.15) is 0 Å². The van der Waals surface area contributed by atoms with E-state index in [9.17, 15) is 0 Å². The third-order valence-electron chi connectivity index (χ3n) is 2.74. The lowest BCUT2D eigenvalue weighted by molar-refractivity contribution is 0.254. The van der Waals surface area contributed by atoms with Gasteiger partial charge >= 0.3 is 0 Å². The predicted molar refractivity (Wildman–Crippen MR) is 61.5 cm³/mol. The average molecular weight is 202 g/mol. The minimum atomic E-state index is 0.830. The molecule has 3 heteroatoms. The molecule has 0 aromatic heterocycles. The minimum Gasteiger partial charge on any atom is -0.320 e. The molecule has 1 heterocycles. The SMILES string of the molecule is CNCCCN(C)C1CSC(C)C1. The zero-order valence-electron chi connectivity index (χ0n) is 9.05. The van der Waals surface area contributed by atoms with Crippen molar-refractivity contribution < 1.29 is 0 Å². The number of nitrogens with zero attached hydrogens (tertiary/aromatic N) is 1. The molecule has 0 radical (unpaired) electrons. The van der Waals surface area contributed by atoms with E-state index >= 15 is 0 Å². The van der Waals surface area contributed by atoms with Crippen molar-refractivity contribution in [2.24, 2.45) is 0 Å². The Kier molecular flexibility index (Phi) is 5.14. The van der Waals surface area contributed by atoms with Crippen molar-refractivity contribution in [2.75, 3.05) is 32.9 Å². The van der Waals surface area contributed by atoms with E-state index < -0.39 is 0 Å². The summed E-state index contributed by atoms with van der Waals surface area (Å²) in [5, 5.41) is 4.06. The average Bonchev–Trinajstić information content (AvgIpc) is 2.52. The Morgan fingerprint density at radius 3 is 2.85 bits per heavy atom. The number of thioether (sulfide) groups is 1. The van der Waals surface area contributed by atoms with Crippen LogP contribution in [0.4, 0.5) is 0 Å². The van der Waals surface area contributed by atoms with Crippen molar-refractivity contribution in [2.45, 2.75) is 31.1 Å². The molecule has 0 saturated carbocycles. The monoisotopic (exact) mass is 202 g/mol. The highest BCUT2D eigenvalue weighted by Gasteiger charge is 2.24. The van der Waals surface area contributed by atoms with Crippen LogP contribution in [0.5, 0.6) is 0 Å². The van der Waals surface area contributed by atoms with Gasteiger partial charge in [-0.1, -0.05) is 6.92 Å². The summed E-state index contributed by atoms with van der Waals surface area (Å²) >= 11 is 2.12. The van der Waals surface area contributed by atoms with Gasteiger partial charge in [-0.3, -0.25) is 0 Å². The van der Waals surface area contributed by atoms with E-state index in [0.29, 0.717) is 0 Å². The van der Waals surface area contributed by atoms with Crippen LogP contribution in [0.1, 0.15) is 19.8 Å². The summed E-state index contributed by atoms with van der Waals surface area (Å²) in [6, 6.07) is 0.830. The summed E-state index contributed by atoms with van der Waals surface area (Å²) in [7, 11) is 4.28. The van der Waals surface area contributed by atoms with E-state index in [0.717, 1.165) is 17.8 Å². The van der Waals surface area contributed by atoms with Gasteiger partial charge in [-0.15, -0.1) is 0 Å². The maximum Gasteiger partial charge on any atom is 0.0193 e. The highest BCUT2D eigenvalue weighted by molar-refractivity contribution is 8.00. The van der Waals surface area contributed by atoms with Crippen LogP contribution in [0.25, 0.3) is 0 Å². The quantitative estimate of drug-likeness (QED) is 0.679. The van der Waals surface area contributed by atoms with Gasteiger partial charge in [-0.05, 0) is 40.0 Å². The summed E-state index contributed by atoms with van der Waals surface area (Å²) in [6.07, 6.45) is 2.64. The molecule has 1 aliphatic heterocycles. The second kappa shape index (κ2) is 5.89. The molecular weight excluding hydrogens is 180 g/mol. The van der Waals surface area contributed by atoms with Gasteiger partial charge < -0.3 is 10.2 Å². The second-order valence-corrected chi connectivity index (χ2v) is 5.44. The fourth-order valence-corrected chi connectivity index (χ4v) is 3.09. The molecule has 1 aliphatic rings. The molecule has 0 aromatic rings. The number of nitrogens with one attached hydrogen (secondary N) is 1. The molecule has 0 spiro atoms. The molecular formula is C10H22N2S. The number of hydrogen-bond acceptors (Lipinski definition) is 3. The fourth-order valence-electron chi connectivity index (χ4n) is 1.79. The lowest BCUT2D eigenvalue weighted by Gasteiger charge is -2.23. The van der Waals surface area contributed by atoms with E-state index in [2.05, 4.69) is 35.9 Å². The first-order valence-corrected chi connectivity index (χ1v) is 6.25. The topological polar surface area (TPSA) is 15.3 Å². The standard InChI is InChI=1S/C10H22N2S/c1-9-7-10(8-13-9)12(3)6-4-5-11-2/h9-11H,4-8H2,1-3H3. The van der Waals surface area contributed by atoms with Crippen molar-refractivity contribution in [3.05, 3.63) is 0 Å².